The molecule has 0 aliphatic carbocycles. The smallest absolute Gasteiger partial charge is 0.254 e. The summed E-state index contributed by atoms with van der Waals surface area (Å²) in [6.07, 6.45) is 1.03. The van der Waals surface area contributed by atoms with Crippen LogP contribution < -0.4 is 15.4 Å². The van der Waals surface area contributed by atoms with Crippen molar-refractivity contribution in [1.82, 2.24) is 10.6 Å². The Kier molecular flexibility index (Phi) is 4.37. The predicted molar refractivity (Wildman–Crippen MR) is 70.9 cm³/mol. The number of benzene rings is 1. The molecule has 2 unspecified atom stereocenters. The molecule has 5 heteroatoms. The molecule has 1 aliphatic heterocycles. The highest BCUT2D eigenvalue weighted by Gasteiger charge is 2.23. The Morgan fingerprint density at radius 3 is 2.95 bits per heavy atom. The highest BCUT2D eigenvalue weighted by Crippen LogP contribution is 2.17. The molecule has 1 aromatic carbocycles. The van der Waals surface area contributed by atoms with E-state index in [2.05, 4.69) is 10.6 Å². The number of amides is 1. The summed E-state index contributed by atoms with van der Waals surface area (Å²) in [5, 5.41) is 6.11. The van der Waals surface area contributed by atoms with Gasteiger partial charge in [-0.3, -0.25) is 4.79 Å². The largest absolute Gasteiger partial charge is 0.497 e. The van der Waals surface area contributed by atoms with E-state index in [0.717, 1.165) is 19.5 Å². The lowest BCUT2D eigenvalue weighted by atomic mass is 10.00. The van der Waals surface area contributed by atoms with E-state index in [0.29, 0.717) is 11.7 Å². The third-order valence-corrected chi connectivity index (χ3v) is 3.59. The minimum Gasteiger partial charge on any atom is -0.497 e. The Hall–Kier alpha value is -1.62. The van der Waals surface area contributed by atoms with Gasteiger partial charge >= 0.3 is 0 Å². The Balaban J connectivity index is 2.02. The van der Waals surface area contributed by atoms with Crippen LogP contribution in [0.5, 0.6) is 5.75 Å². The Bertz CT molecular complexity index is 459. The number of methoxy groups -OCH3 is 1. The van der Waals surface area contributed by atoms with Crippen LogP contribution in [0.25, 0.3) is 0 Å². The molecule has 2 N–H and O–H groups in total. The van der Waals surface area contributed by atoms with Gasteiger partial charge in [-0.25, -0.2) is 4.39 Å². The average molecular weight is 266 g/mol. The van der Waals surface area contributed by atoms with Crippen molar-refractivity contribution in [2.24, 2.45) is 5.92 Å². The van der Waals surface area contributed by atoms with E-state index in [9.17, 15) is 9.18 Å². The number of ether oxygens (including phenoxy) is 1. The van der Waals surface area contributed by atoms with Crippen molar-refractivity contribution in [3.63, 3.8) is 0 Å². The van der Waals surface area contributed by atoms with Gasteiger partial charge in [-0.2, -0.15) is 0 Å². The topological polar surface area (TPSA) is 50.4 Å². The van der Waals surface area contributed by atoms with Crippen LogP contribution in [0, 0.1) is 11.7 Å². The first-order chi connectivity index (χ1) is 9.11. The summed E-state index contributed by atoms with van der Waals surface area (Å²) in [6, 6.07) is 4.28. The van der Waals surface area contributed by atoms with Gasteiger partial charge in [-0.1, -0.05) is 0 Å². The van der Waals surface area contributed by atoms with Crippen molar-refractivity contribution in [2.75, 3.05) is 20.2 Å². The average Bonchev–Trinajstić information content (AvgIpc) is 2.92. The van der Waals surface area contributed by atoms with Crippen LogP contribution >= 0.6 is 0 Å². The van der Waals surface area contributed by atoms with Crippen molar-refractivity contribution < 1.29 is 13.9 Å². The number of hydrogen-bond donors (Lipinski definition) is 2. The first-order valence-electron chi connectivity index (χ1n) is 6.47. The molecule has 1 saturated heterocycles. The predicted octanol–water partition coefficient (Wildman–Crippen LogP) is 1.56. The fraction of sp³-hybridized carbons (Fsp3) is 0.500. The highest BCUT2D eigenvalue weighted by molar-refractivity contribution is 5.94. The van der Waals surface area contributed by atoms with Crippen LogP contribution in [0.3, 0.4) is 0 Å². The number of nitrogens with one attached hydrogen (secondary N) is 2. The van der Waals surface area contributed by atoms with Crippen LogP contribution in [0.4, 0.5) is 4.39 Å². The SMILES string of the molecule is COc1ccc(C(=O)NC(C)C2CCNC2)c(F)c1. The van der Waals surface area contributed by atoms with Gasteiger partial charge in [0.25, 0.3) is 5.91 Å². The van der Waals surface area contributed by atoms with E-state index < -0.39 is 5.82 Å². The zero-order valence-corrected chi connectivity index (χ0v) is 11.2. The Labute approximate surface area is 112 Å². The maximum absolute atomic E-state index is 13.8. The molecule has 1 aliphatic rings. The van der Waals surface area contributed by atoms with Crippen molar-refractivity contribution in [3.8, 4) is 5.75 Å². The Morgan fingerprint density at radius 1 is 1.58 bits per heavy atom. The molecule has 2 atom stereocenters. The minimum atomic E-state index is -0.561. The highest BCUT2D eigenvalue weighted by atomic mass is 19.1. The van der Waals surface area contributed by atoms with Gasteiger partial charge < -0.3 is 15.4 Å². The number of halogens is 1. The quantitative estimate of drug-likeness (QED) is 0.869. The molecular formula is C14H19FN2O2. The van der Waals surface area contributed by atoms with E-state index in [1.807, 2.05) is 6.92 Å². The van der Waals surface area contributed by atoms with Crippen molar-refractivity contribution >= 4 is 5.91 Å². The maximum atomic E-state index is 13.8. The molecule has 2 rings (SSSR count). The van der Waals surface area contributed by atoms with Gasteiger partial charge in [0.15, 0.2) is 0 Å². The third kappa shape index (κ3) is 3.23. The molecule has 0 saturated carbocycles. The molecule has 0 radical (unpaired) electrons. The second-order valence-corrected chi connectivity index (χ2v) is 4.86. The number of hydrogen-bond acceptors (Lipinski definition) is 3. The van der Waals surface area contributed by atoms with E-state index in [1.54, 1.807) is 6.07 Å². The summed E-state index contributed by atoms with van der Waals surface area (Å²) in [5.41, 5.74) is 0.0543. The molecule has 1 heterocycles. The van der Waals surface area contributed by atoms with Crippen molar-refractivity contribution in [3.05, 3.63) is 29.6 Å². The standard InChI is InChI=1S/C14H19FN2O2/c1-9(10-5-6-16-8-10)17-14(18)12-4-3-11(19-2)7-13(12)15/h3-4,7,9-10,16H,5-6,8H2,1-2H3,(H,17,18). The first kappa shape index (κ1) is 13.8. The zero-order chi connectivity index (χ0) is 13.8. The summed E-state index contributed by atoms with van der Waals surface area (Å²) >= 11 is 0. The normalized spacial score (nSPS) is 20.1. The van der Waals surface area contributed by atoms with Crippen LogP contribution in [-0.4, -0.2) is 32.1 Å². The van der Waals surface area contributed by atoms with Gasteiger partial charge in [-0.15, -0.1) is 0 Å². The lowest BCUT2D eigenvalue weighted by molar-refractivity contribution is 0.0924. The van der Waals surface area contributed by atoms with E-state index in [1.165, 1.54) is 19.2 Å². The molecule has 1 aromatic rings. The number of carbonyl (C=O) groups is 1. The fourth-order valence-corrected chi connectivity index (χ4v) is 2.31. The summed E-state index contributed by atoms with van der Waals surface area (Å²) in [6.45, 7) is 3.82. The summed E-state index contributed by atoms with van der Waals surface area (Å²) in [4.78, 5) is 12.0. The van der Waals surface area contributed by atoms with Crippen LogP contribution in [0.15, 0.2) is 18.2 Å². The summed E-state index contributed by atoms with van der Waals surface area (Å²) < 4.78 is 18.7. The minimum absolute atomic E-state index is 0.0315. The molecule has 0 aromatic heterocycles. The van der Waals surface area contributed by atoms with Crippen LogP contribution in [0.2, 0.25) is 0 Å². The summed E-state index contributed by atoms with van der Waals surface area (Å²) in [5.74, 6) is -0.125. The lowest BCUT2D eigenvalue weighted by Gasteiger charge is -2.20. The number of rotatable bonds is 4. The van der Waals surface area contributed by atoms with Crippen LogP contribution in [-0.2, 0) is 0 Å². The van der Waals surface area contributed by atoms with Gasteiger partial charge in [0.05, 0.1) is 12.7 Å². The van der Waals surface area contributed by atoms with Crippen molar-refractivity contribution in [2.45, 2.75) is 19.4 Å². The van der Waals surface area contributed by atoms with E-state index in [4.69, 9.17) is 4.74 Å². The second kappa shape index (κ2) is 6.02. The molecule has 4 nitrogen and oxygen atoms in total. The van der Waals surface area contributed by atoms with Gasteiger partial charge in [-0.05, 0) is 44.5 Å². The van der Waals surface area contributed by atoms with E-state index in [-0.39, 0.29) is 17.5 Å². The monoisotopic (exact) mass is 266 g/mol. The molecule has 0 spiro atoms. The van der Waals surface area contributed by atoms with Gasteiger partial charge in [0.2, 0.25) is 0 Å². The molecule has 104 valence electrons. The molecule has 1 amide bonds. The van der Waals surface area contributed by atoms with Gasteiger partial charge in [0, 0.05) is 12.1 Å². The van der Waals surface area contributed by atoms with Crippen molar-refractivity contribution in [1.29, 1.82) is 0 Å². The maximum Gasteiger partial charge on any atom is 0.254 e. The molecule has 19 heavy (non-hydrogen) atoms. The lowest BCUT2D eigenvalue weighted by Crippen LogP contribution is -2.39. The third-order valence-electron chi connectivity index (χ3n) is 3.59. The first-order valence-corrected chi connectivity index (χ1v) is 6.47. The fourth-order valence-electron chi connectivity index (χ4n) is 2.31. The summed E-state index contributed by atoms with van der Waals surface area (Å²) in [7, 11) is 1.46. The Morgan fingerprint density at radius 2 is 2.37 bits per heavy atom. The molecular weight excluding hydrogens is 247 g/mol. The number of carbonyl (C=O) groups excluding carboxylic acids is 1. The molecule has 0 bridgehead atoms. The molecule has 1 fully saturated rings. The van der Waals surface area contributed by atoms with Crippen LogP contribution in [0.1, 0.15) is 23.7 Å². The second-order valence-electron chi connectivity index (χ2n) is 4.86. The van der Waals surface area contributed by atoms with Gasteiger partial charge in [0.1, 0.15) is 11.6 Å². The zero-order valence-electron chi connectivity index (χ0n) is 11.2. The van der Waals surface area contributed by atoms with E-state index >= 15 is 0 Å².